The summed E-state index contributed by atoms with van der Waals surface area (Å²) in [4.78, 5) is 18.5. The molecule has 0 atom stereocenters. The molecule has 1 aliphatic heterocycles. The first-order valence-corrected chi connectivity index (χ1v) is 11.8. The first-order chi connectivity index (χ1) is 16.5. The van der Waals surface area contributed by atoms with Crippen LogP contribution in [0.4, 0.5) is 0 Å². The maximum absolute atomic E-state index is 6.76. The standard InChI is InChI=1S/C25H25ClN6O2/c1-15-5-8-28-16(9-15)13-32-22(19-4-3-17(10-20(19)26)33-18-11-27-12-18)31-21-23(32)29-14-30-24(21)34-25(2)6-7-25/h3-5,8-10,14,18,27H,6-7,11-13H2,1-2H3. The molecule has 0 radical (unpaired) electrons. The zero-order valence-corrected chi connectivity index (χ0v) is 19.8. The molecule has 174 valence electrons. The lowest BCUT2D eigenvalue weighted by Crippen LogP contribution is -2.50. The van der Waals surface area contributed by atoms with E-state index in [0.29, 0.717) is 34.4 Å². The van der Waals surface area contributed by atoms with Gasteiger partial charge in [0.05, 0.1) is 17.3 Å². The Kier molecular flexibility index (Phi) is 5.15. The number of benzene rings is 1. The van der Waals surface area contributed by atoms with Gasteiger partial charge in [-0.15, -0.1) is 0 Å². The predicted octanol–water partition coefficient (Wildman–Crippen LogP) is 4.18. The number of nitrogens with one attached hydrogen (secondary N) is 1. The molecule has 3 aromatic heterocycles. The monoisotopic (exact) mass is 476 g/mol. The number of rotatable bonds is 7. The van der Waals surface area contributed by atoms with Crippen molar-refractivity contribution in [3.8, 4) is 23.0 Å². The van der Waals surface area contributed by atoms with E-state index in [1.165, 1.54) is 6.33 Å². The van der Waals surface area contributed by atoms with Crippen molar-refractivity contribution < 1.29 is 9.47 Å². The lowest BCUT2D eigenvalue weighted by molar-refractivity contribution is 0.142. The molecule has 9 heteroatoms. The Bertz CT molecular complexity index is 1380. The Labute approximate surface area is 202 Å². The molecule has 2 aliphatic rings. The highest BCUT2D eigenvalue weighted by atomic mass is 35.5. The molecule has 8 nitrogen and oxygen atoms in total. The maximum Gasteiger partial charge on any atom is 0.245 e. The van der Waals surface area contributed by atoms with Crippen LogP contribution >= 0.6 is 11.6 Å². The van der Waals surface area contributed by atoms with Gasteiger partial charge in [0, 0.05) is 24.8 Å². The molecule has 4 aromatic rings. The minimum Gasteiger partial charge on any atom is -0.488 e. The van der Waals surface area contributed by atoms with Crippen LogP contribution in [0, 0.1) is 6.92 Å². The minimum atomic E-state index is -0.184. The summed E-state index contributed by atoms with van der Waals surface area (Å²) >= 11 is 6.76. The van der Waals surface area contributed by atoms with E-state index in [0.717, 1.165) is 48.5 Å². The molecular weight excluding hydrogens is 452 g/mol. The Morgan fingerprint density at radius 3 is 2.71 bits per heavy atom. The van der Waals surface area contributed by atoms with E-state index in [1.54, 1.807) is 0 Å². The quantitative estimate of drug-likeness (QED) is 0.428. The van der Waals surface area contributed by atoms with Gasteiger partial charge in [0.25, 0.3) is 0 Å². The van der Waals surface area contributed by atoms with Gasteiger partial charge in [-0.3, -0.25) is 4.98 Å². The third-order valence-electron chi connectivity index (χ3n) is 6.32. The van der Waals surface area contributed by atoms with E-state index in [4.69, 9.17) is 26.1 Å². The average Bonchev–Trinajstić information content (AvgIpc) is 3.40. The molecule has 1 aliphatic carbocycles. The van der Waals surface area contributed by atoms with Crippen LogP contribution in [0.3, 0.4) is 0 Å². The summed E-state index contributed by atoms with van der Waals surface area (Å²) in [6, 6.07) is 9.76. The van der Waals surface area contributed by atoms with Crippen molar-refractivity contribution in [3.05, 3.63) is 59.1 Å². The number of imidazole rings is 1. The van der Waals surface area contributed by atoms with Crippen LogP contribution in [0.2, 0.25) is 5.02 Å². The maximum atomic E-state index is 6.76. The highest BCUT2D eigenvalue weighted by molar-refractivity contribution is 6.33. The predicted molar refractivity (Wildman–Crippen MR) is 129 cm³/mol. The average molecular weight is 477 g/mol. The van der Waals surface area contributed by atoms with E-state index < -0.39 is 0 Å². The van der Waals surface area contributed by atoms with Gasteiger partial charge in [-0.25, -0.2) is 9.97 Å². The second-order valence-corrected chi connectivity index (χ2v) is 9.70. The van der Waals surface area contributed by atoms with Crippen LogP contribution in [0.1, 0.15) is 31.0 Å². The number of aryl methyl sites for hydroxylation is 1. The number of aromatic nitrogens is 5. The topological polar surface area (TPSA) is 87.0 Å². The van der Waals surface area contributed by atoms with Crippen molar-refractivity contribution in [2.75, 3.05) is 13.1 Å². The molecule has 6 rings (SSSR count). The SMILES string of the molecule is Cc1ccnc(Cn2c(-c3ccc(OC4CNC4)cc3Cl)nc3c(OC4(C)CC4)ncnc32)c1. The largest absolute Gasteiger partial charge is 0.488 e. The fraction of sp³-hybridized carbons (Fsp3) is 0.360. The van der Waals surface area contributed by atoms with Crippen LogP contribution in [-0.2, 0) is 6.54 Å². The molecule has 0 bridgehead atoms. The zero-order chi connectivity index (χ0) is 23.3. The van der Waals surface area contributed by atoms with Crippen LogP contribution in [0.15, 0.2) is 42.9 Å². The van der Waals surface area contributed by atoms with Gasteiger partial charge >= 0.3 is 0 Å². The summed E-state index contributed by atoms with van der Waals surface area (Å²) in [7, 11) is 0. The first-order valence-electron chi connectivity index (χ1n) is 11.5. The lowest BCUT2D eigenvalue weighted by atomic mass is 10.2. The fourth-order valence-electron chi connectivity index (χ4n) is 3.99. The van der Waals surface area contributed by atoms with Crippen LogP contribution in [-0.4, -0.2) is 49.3 Å². The fourth-order valence-corrected chi connectivity index (χ4v) is 4.25. The number of hydrogen-bond acceptors (Lipinski definition) is 7. The van der Waals surface area contributed by atoms with E-state index in [-0.39, 0.29) is 11.7 Å². The minimum absolute atomic E-state index is 0.178. The summed E-state index contributed by atoms with van der Waals surface area (Å²) in [5.41, 5.74) is 3.96. The number of halogens is 1. The van der Waals surface area contributed by atoms with Crippen LogP contribution in [0.5, 0.6) is 11.6 Å². The number of nitrogens with zero attached hydrogens (tertiary/aromatic N) is 5. The van der Waals surface area contributed by atoms with Gasteiger partial charge in [-0.1, -0.05) is 11.6 Å². The molecule has 1 N–H and O–H groups in total. The van der Waals surface area contributed by atoms with Gasteiger partial charge in [0.15, 0.2) is 11.2 Å². The number of pyridine rings is 1. The van der Waals surface area contributed by atoms with E-state index in [2.05, 4.69) is 40.2 Å². The molecule has 34 heavy (non-hydrogen) atoms. The number of hydrogen-bond donors (Lipinski definition) is 1. The van der Waals surface area contributed by atoms with Gasteiger partial charge in [-0.2, -0.15) is 4.98 Å². The van der Waals surface area contributed by atoms with Gasteiger partial charge in [0.2, 0.25) is 5.88 Å². The highest BCUT2D eigenvalue weighted by Gasteiger charge is 2.41. The third-order valence-corrected chi connectivity index (χ3v) is 6.63. The van der Waals surface area contributed by atoms with Crippen LogP contribution in [0.25, 0.3) is 22.6 Å². The van der Waals surface area contributed by atoms with Crippen molar-refractivity contribution in [1.29, 1.82) is 0 Å². The second-order valence-electron chi connectivity index (χ2n) is 9.29. The van der Waals surface area contributed by atoms with E-state index in [1.807, 2.05) is 35.0 Å². The van der Waals surface area contributed by atoms with Gasteiger partial charge in [0.1, 0.15) is 29.6 Å². The summed E-state index contributed by atoms with van der Waals surface area (Å²) < 4.78 is 14.2. The molecular formula is C25H25ClN6O2. The second kappa shape index (κ2) is 8.21. The molecule has 1 aromatic carbocycles. The first kappa shape index (κ1) is 21.3. The van der Waals surface area contributed by atoms with Gasteiger partial charge in [-0.05, 0) is 62.6 Å². The van der Waals surface area contributed by atoms with Gasteiger partial charge < -0.3 is 19.4 Å². The molecule has 1 saturated carbocycles. The third kappa shape index (κ3) is 4.08. The molecule has 2 fully saturated rings. The summed E-state index contributed by atoms with van der Waals surface area (Å²) in [5, 5.41) is 3.76. The molecule has 1 saturated heterocycles. The van der Waals surface area contributed by atoms with E-state index >= 15 is 0 Å². The Hall–Kier alpha value is -3.23. The van der Waals surface area contributed by atoms with Crippen LogP contribution < -0.4 is 14.8 Å². The summed E-state index contributed by atoms with van der Waals surface area (Å²) in [6.45, 7) is 6.32. The van der Waals surface area contributed by atoms with Crippen molar-refractivity contribution >= 4 is 22.8 Å². The summed E-state index contributed by atoms with van der Waals surface area (Å²) in [6.07, 6.45) is 5.53. The van der Waals surface area contributed by atoms with Crippen molar-refractivity contribution in [2.45, 2.75) is 44.9 Å². The molecule has 0 unspecified atom stereocenters. The van der Waals surface area contributed by atoms with Crippen molar-refractivity contribution in [2.24, 2.45) is 0 Å². The number of fused-ring (bicyclic) bond motifs is 1. The molecule has 0 spiro atoms. The Morgan fingerprint density at radius 1 is 1.15 bits per heavy atom. The lowest BCUT2D eigenvalue weighted by Gasteiger charge is -2.28. The smallest absolute Gasteiger partial charge is 0.245 e. The molecule has 4 heterocycles. The highest BCUT2D eigenvalue weighted by Crippen LogP contribution is 2.41. The van der Waals surface area contributed by atoms with Crippen molar-refractivity contribution in [3.63, 3.8) is 0 Å². The Morgan fingerprint density at radius 2 is 2.00 bits per heavy atom. The number of ether oxygens (including phenoxy) is 2. The van der Waals surface area contributed by atoms with Crippen molar-refractivity contribution in [1.82, 2.24) is 29.8 Å². The normalized spacial score (nSPS) is 16.9. The molecule has 0 amide bonds. The summed E-state index contributed by atoms with van der Waals surface area (Å²) in [5.74, 6) is 1.93. The Balaban J connectivity index is 1.45. The van der Waals surface area contributed by atoms with E-state index in [9.17, 15) is 0 Å². The zero-order valence-electron chi connectivity index (χ0n) is 19.1.